The highest BCUT2D eigenvalue weighted by molar-refractivity contribution is 5.52. The van der Waals surface area contributed by atoms with Crippen LogP contribution < -0.4 is 0 Å². The second-order valence-corrected chi connectivity index (χ2v) is 3.98. The lowest BCUT2D eigenvalue weighted by atomic mass is 9.88. The Kier molecular flexibility index (Phi) is 5.79. The quantitative estimate of drug-likeness (QED) is 0.660. The molecule has 2 atom stereocenters. The summed E-state index contributed by atoms with van der Waals surface area (Å²) in [5.41, 5.74) is 1.19. The average molecular weight is 220 g/mol. The van der Waals surface area contributed by atoms with Gasteiger partial charge in [-0.15, -0.1) is 0 Å². The fourth-order valence-electron chi connectivity index (χ4n) is 2.07. The van der Waals surface area contributed by atoms with Crippen LogP contribution in [0.2, 0.25) is 0 Å². The van der Waals surface area contributed by atoms with Gasteiger partial charge in [0.1, 0.15) is 6.29 Å². The van der Waals surface area contributed by atoms with E-state index in [9.17, 15) is 4.79 Å². The Morgan fingerprint density at radius 3 is 2.50 bits per heavy atom. The molecule has 0 aliphatic heterocycles. The van der Waals surface area contributed by atoms with Gasteiger partial charge in [-0.3, -0.25) is 0 Å². The first-order valence-electron chi connectivity index (χ1n) is 5.84. The molecule has 0 saturated carbocycles. The lowest BCUT2D eigenvalue weighted by Gasteiger charge is -2.24. The first-order chi connectivity index (χ1) is 7.83. The lowest BCUT2D eigenvalue weighted by molar-refractivity contribution is -0.108. The minimum Gasteiger partial charge on any atom is -0.381 e. The molecule has 0 radical (unpaired) electrons. The molecule has 0 N–H and O–H groups in total. The Balaban J connectivity index is 2.84. The molecule has 1 rings (SSSR count). The van der Waals surface area contributed by atoms with Crippen molar-refractivity contribution >= 4 is 6.29 Å². The normalized spacial score (nSPS) is 14.4. The van der Waals surface area contributed by atoms with E-state index in [4.69, 9.17) is 4.74 Å². The van der Waals surface area contributed by atoms with Gasteiger partial charge in [0, 0.05) is 19.4 Å². The number of rotatable bonds is 7. The number of ether oxygens (including phenoxy) is 1. The highest BCUT2D eigenvalue weighted by Gasteiger charge is 2.21. The highest BCUT2D eigenvalue weighted by Crippen LogP contribution is 2.27. The number of carbonyl (C=O) groups excluding carboxylic acids is 1. The van der Waals surface area contributed by atoms with Crippen molar-refractivity contribution < 1.29 is 9.53 Å². The summed E-state index contributed by atoms with van der Waals surface area (Å²) in [7, 11) is 1.72. The molecule has 2 unspecified atom stereocenters. The summed E-state index contributed by atoms with van der Waals surface area (Å²) in [5.74, 6) is 0.184. The van der Waals surface area contributed by atoms with E-state index in [1.807, 2.05) is 18.2 Å². The molecule has 1 aromatic carbocycles. The Labute approximate surface area is 97.6 Å². The lowest BCUT2D eigenvalue weighted by Crippen LogP contribution is -2.21. The zero-order valence-electron chi connectivity index (χ0n) is 10.1. The standard InChI is InChI=1S/C14H20O2/c1-3-7-14(16-2)13(10-11-15)12-8-5-4-6-9-12/h4-6,8-9,11,13-14H,3,7,10H2,1-2H3. The molecule has 0 amide bonds. The zero-order chi connectivity index (χ0) is 11.8. The van der Waals surface area contributed by atoms with Gasteiger partial charge in [0.15, 0.2) is 0 Å². The van der Waals surface area contributed by atoms with E-state index in [-0.39, 0.29) is 12.0 Å². The van der Waals surface area contributed by atoms with Crippen molar-refractivity contribution in [3.63, 3.8) is 0 Å². The molecule has 0 heterocycles. The molecule has 0 aliphatic carbocycles. The van der Waals surface area contributed by atoms with Crippen LogP contribution in [0, 0.1) is 0 Å². The number of carbonyl (C=O) groups is 1. The molecule has 0 aliphatic rings. The van der Waals surface area contributed by atoms with Gasteiger partial charge in [-0.2, -0.15) is 0 Å². The van der Waals surface area contributed by atoms with Gasteiger partial charge in [-0.1, -0.05) is 43.7 Å². The second kappa shape index (κ2) is 7.18. The van der Waals surface area contributed by atoms with E-state index in [0.717, 1.165) is 19.1 Å². The van der Waals surface area contributed by atoms with Gasteiger partial charge < -0.3 is 9.53 Å². The fourth-order valence-corrected chi connectivity index (χ4v) is 2.07. The van der Waals surface area contributed by atoms with Crippen LogP contribution in [0.4, 0.5) is 0 Å². The van der Waals surface area contributed by atoms with Crippen LogP contribution in [0.3, 0.4) is 0 Å². The van der Waals surface area contributed by atoms with E-state index in [2.05, 4.69) is 19.1 Å². The van der Waals surface area contributed by atoms with Gasteiger partial charge in [-0.25, -0.2) is 0 Å². The topological polar surface area (TPSA) is 26.3 Å². The van der Waals surface area contributed by atoms with Gasteiger partial charge in [0.05, 0.1) is 6.10 Å². The van der Waals surface area contributed by atoms with Crippen molar-refractivity contribution in [2.45, 2.75) is 38.2 Å². The Bertz CT molecular complexity index is 295. The molecule has 0 bridgehead atoms. The average Bonchev–Trinajstić information content (AvgIpc) is 2.35. The van der Waals surface area contributed by atoms with E-state index in [1.165, 1.54) is 5.56 Å². The molecule has 0 fully saturated rings. The minimum atomic E-state index is 0.137. The van der Waals surface area contributed by atoms with Crippen molar-refractivity contribution in [3.05, 3.63) is 35.9 Å². The minimum absolute atomic E-state index is 0.137. The molecule has 0 spiro atoms. The van der Waals surface area contributed by atoms with Gasteiger partial charge >= 0.3 is 0 Å². The number of hydrogen-bond acceptors (Lipinski definition) is 2. The molecule has 16 heavy (non-hydrogen) atoms. The monoisotopic (exact) mass is 220 g/mol. The fraction of sp³-hybridized carbons (Fsp3) is 0.500. The van der Waals surface area contributed by atoms with Crippen LogP contribution in [0.5, 0.6) is 0 Å². The molecule has 1 aromatic rings. The Morgan fingerprint density at radius 1 is 1.31 bits per heavy atom. The maximum Gasteiger partial charge on any atom is 0.120 e. The Morgan fingerprint density at radius 2 is 2.00 bits per heavy atom. The zero-order valence-corrected chi connectivity index (χ0v) is 10.1. The molecular weight excluding hydrogens is 200 g/mol. The molecule has 2 heteroatoms. The van der Waals surface area contributed by atoms with Crippen molar-refractivity contribution in [1.29, 1.82) is 0 Å². The van der Waals surface area contributed by atoms with Crippen molar-refractivity contribution in [2.24, 2.45) is 0 Å². The van der Waals surface area contributed by atoms with Crippen molar-refractivity contribution in [2.75, 3.05) is 7.11 Å². The highest BCUT2D eigenvalue weighted by atomic mass is 16.5. The molecule has 0 saturated heterocycles. The SMILES string of the molecule is CCCC(OC)C(CC=O)c1ccccc1. The van der Waals surface area contributed by atoms with Crippen LogP contribution in [-0.2, 0) is 9.53 Å². The number of hydrogen-bond donors (Lipinski definition) is 0. The predicted octanol–water partition coefficient (Wildman–Crippen LogP) is 3.17. The summed E-state index contributed by atoms with van der Waals surface area (Å²) < 4.78 is 5.50. The van der Waals surface area contributed by atoms with E-state index < -0.39 is 0 Å². The number of aldehydes is 1. The predicted molar refractivity (Wildman–Crippen MR) is 65.6 cm³/mol. The van der Waals surface area contributed by atoms with Gasteiger partial charge in [-0.05, 0) is 12.0 Å². The molecule has 2 nitrogen and oxygen atoms in total. The van der Waals surface area contributed by atoms with E-state index >= 15 is 0 Å². The maximum absolute atomic E-state index is 10.8. The first-order valence-corrected chi connectivity index (χ1v) is 5.84. The van der Waals surface area contributed by atoms with Crippen molar-refractivity contribution in [1.82, 2.24) is 0 Å². The summed E-state index contributed by atoms with van der Waals surface area (Å²) in [5, 5.41) is 0. The van der Waals surface area contributed by atoms with E-state index in [0.29, 0.717) is 6.42 Å². The second-order valence-electron chi connectivity index (χ2n) is 3.98. The summed E-state index contributed by atoms with van der Waals surface area (Å²) >= 11 is 0. The number of methoxy groups -OCH3 is 1. The first kappa shape index (κ1) is 12.9. The third kappa shape index (κ3) is 3.46. The van der Waals surface area contributed by atoms with E-state index in [1.54, 1.807) is 7.11 Å². The Hall–Kier alpha value is -1.15. The molecule has 0 aromatic heterocycles. The number of benzene rings is 1. The van der Waals surface area contributed by atoms with Gasteiger partial charge in [0.25, 0.3) is 0 Å². The smallest absolute Gasteiger partial charge is 0.120 e. The van der Waals surface area contributed by atoms with Crippen LogP contribution in [0.15, 0.2) is 30.3 Å². The largest absolute Gasteiger partial charge is 0.381 e. The third-order valence-corrected chi connectivity index (χ3v) is 2.90. The summed E-state index contributed by atoms with van der Waals surface area (Å²) in [6.07, 6.45) is 3.71. The summed E-state index contributed by atoms with van der Waals surface area (Å²) in [6, 6.07) is 10.1. The van der Waals surface area contributed by atoms with Gasteiger partial charge in [0.2, 0.25) is 0 Å². The molecular formula is C14H20O2. The molecule has 88 valence electrons. The van der Waals surface area contributed by atoms with Crippen molar-refractivity contribution in [3.8, 4) is 0 Å². The van der Waals surface area contributed by atoms with Crippen LogP contribution in [-0.4, -0.2) is 19.5 Å². The van der Waals surface area contributed by atoms with Crippen LogP contribution >= 0.6 is 0 Å². The van der Waals surface area contributed by atoms with Crippen LogP contribution in [0.1, 0.15) is 37.7 Å². The summed E-state index contributed by atoms with van der Waals surface area (Å²) in [6.45, 7) is 2.13. The third-order valence-electron chi connectivity index (χ3n) is 2.90. The van der Waals surface area contributed by atoms with Crippen LogP contribution in [0.25, 0.3) is 0 Å². The summed E-state index contributed by atoms with van der Waals surface area (Å²) in [4.78, 5) is 10.8. The maximum atomic E-state index is 10.8.